The summed E-state index contributed by atoms with van der Waals surface area (Å²) in [4.78, 5) is 0. The maximum Gasteiger partial charge on any atom is 0.263 e. The molecular weight excluding hydrogens is 280 g/mol. The van der Waals surface area contributed by atoms with Gasteiger partial charge in [-0.1, -0.05) is 74.6 Å². The van der Waals surface area contributed by atoms with Gasteiger partial charge in [-0.2, -0.15) is 0 Å². The average Bonchev–Trinajstić information content (AvgIpc) is 2.30. The normalized spacial score (nSPS) is 15.0. The standard InChI is InChI=1S/C13H29BrOSi/c1-4-7-9-10-13-16(14,12-8-5-2)15-11-6-3/h4-13H2,1-3H3. The van der Waals surface area contributed by atoms with Gasteiger partial charge in [-0.25, -0.2) is 0 Å². The van der Waals surface area contributed by atoms with E-state index in [-0.39, 0.29) is 0 Å². The zero-order valence-electron chi connectivity index (χ0n) is 11.4. The third kappa shape index (κ3) is 8.77. The fourth-order valence-corrected chi connectivity index (χ4v) is 6.75. The summed E-state index contributed by atoms with van der Waals surface area (Å²) in [6, 6.07) is 2.59. The predicted octanol–water partition coefficient (Wildman–Crippen LogP) is 5.63. The molecular formula is C13H29BrOSi. The molecule has 0 aliphatic heterocycles. The van der Waals surface area contributed by atoms with Gasteiger partial charge < -0.3 is 4.43 Å². The Bertz CT molecular complexity index is 145. The summed E-state index contributed by atoms with van der Waals surface area (Å²) < 4.78 is 6.12. The molecule has 16 heavy (non-hydrogen) atoms. The Hall–Kier alpha value is 0.657. The van der Waals surface area contributed by atoms with Crippen molar-refractivity contribution in [3.05, 3.63) is 0 Å². The number of hydrogen-bond acceptors (Lipinski definition) is 1. The second kappa shape index (κ2) is 10.8. The Morgan fingerprint density at radius 1 is 0.812 bits per heavy atom. The molecule has 1 unspecified atom stereocenters. The Morgan fingerprint density at radius 2 is 1.44 bits per heavy atom. The van der Waals surface area contributed by atoms with Crippen LogP contribution in [-0.2, 0) is 4.43 Å². The summed E-state index contributed by atoms with van der Waals surface area (Å²) in [5.74, 6) is 0. The smallest absolute Gasteiger partial charge is 0.263 e. The molecule has 1 nitrogen and oxygen atoms in total. The van der Waals surface area contributed by atoms with Crippen LogP contribution < -0.4 is 0 Å². The van der Waals surface area contributed by atoms with Crippen LogP contribution in [0.5, 0.6) is 0 Å². The number of halogens is 1. The van der Waals surface area contributed by atoms with Crippen molar-refractivity contribution in [2.45, 2.75) is 77.8 Å². The quantitative estimate of drug-likeness (QED) is 0.273. The highest BCUT2D eigenvalue weighted by molar-refractivity contribution is 9.25. The first-order valence-corrected chi connectivity index (χ1v) is 11.6. The van der Waals surface area contributed by atoms with Crippen LogP contribution in [0.1, 0.15) is 65.7 Å². The monoisotopic (exact) mass is 308 g/mol. The zero-order valence-corrected chi connectivity index (χ0v) is 13.9. The van der Waals surface area contributed by atoms with Gasteiger partial charge in [0.2, 0.25) is 0 Å². The molecule has 0 aromatic heterocycles. The third-order valence-corrected chi connectivity index (χ3v) is 8.86. The van der Waals surface area contributed by atoms with E-state index in [9.17, 15) is 0 Å². The van der Waals surface area contributed by atoms with Crippen LogP contribution in [0.2, 0.25) is 12.1 Å². The van der Waals surface area contributed by atoms with Crippen LogP contribution in [0.25, 0.3) is 0 Å². The number of unbranched alkanes of at least 4 members (excludes halogenated alkanes) is 4. The molecule has 0 aromatic carbocycles. The van der Waals surface area contributed by atoms with E-state index < -0.39 is 6.94 Å². The van der Waals surface area contributed by atoms with E-state index in [1.807, 2.05) is 0 Å². The Kier molecular flexibility index (Phi) is 11.2. The fourth-order valence-electron chi connectivity index (χ4n) is 1.81. The second-order valence-corrected chi connectivity index (χ2v) is 12.0. The van der Waals surface area contributed by atoms with Crippen molar-refractivity contribution < 1.29 is 4.43 Å². The maximum absolute atomic E-state index is 6.12. The highest BCUT2D eigenvalue weighted by Gasteiger charge is 2.30. The lowest BCUT2D eigenvalue weighted by atomic mass is 10.2. The van der Waals surface area contributed by atoms with Crippen LogP contribution in [0.15, 0.2) is 0 Å². The highest BCUT2D eigenvalue weighted by Crippen LogP contribution is 2.29. The second-order valence-electron chi connectivity index (χ2n) is 4.65. The van der Waals surface area contributed by atoms with E-state index in [2.05, 4.69) is 36.1 Å². The number of rotatable bonds is 11. The van der Waals surface area contributed by atoms with Crippen LogP contribution in [0.3, 0.4) is 0 Å². The maximum atomic E-state index is 6.12. The van der Waals surface area contributed by atoms with Crippen molar-refractivity contribution in [1.29, 1.82) is 0 Å². The van der Waals surface area contributed by atoms with Gasteiger partial charge in [-0.15, -0.1) is 0 Å². The first-order valence-electron chi connectivity index (χ1n) is 7.01. The Balaban J connectivity index is 3.86. The van der Waals surface area contributed by atoms with Crippen molar-refractivity contribution in [2.75, 3.05) is 6.61 Å². The van der Waals surface area contributed by atoms with Crippen molar-refractivity contribution in [3.8, 4) is 0 Å². The largest absolute Gasteiger partial charge is 0.406 e. The minimum absolute atomic E-state index is 0.939. The zero-order chi connectivity index (χ0) is 12.3. The SMILES string of the molecule is CCCCCC[Si](Br)(CCCC)OCCC. The van der Waals surface area contributed by atoms with Gasteiger partial charge in [0.1, 0.15) is 0 Å². The minimum atomic E-state index is -1.53. The summed E-state index contributed by atoms with van der Waals surface area (Å²) in [7, 11) is 0. The first-order chi connectivity index (χ1) is 7.68. The van der Waals surface area contributed by atoms with E-state index in [0.29, 0.717) is 0 Å². The Morgan fingerprint density at radius 3 is 2.00 bits per heavy atom. The lowest BCUT2D eigenvalue weighted by molar-refractivity contribution is 0.311. The molecule has 0 amide bonds. The van der Waals surface area contributed by atoms with Gasteiger partial charge in [-0.3, -0.25) is 0 Å². The van der Waals surface area contributed by atoms with Crippen molar-refractivity contribution >= 4 is 22.2 Å². The first kappa shape index (κ1) is 16.7. The molecule has 0 bridgehead atoms. The molecule has 3 heteroatoms. The average molecular weight is 309 g/mol. The van der Waals surface area contributed by atoms with Crippen molar-refractivity contribution in [3.63, 3.8) is 0 Å². The molecule has 0 radical (unpaired) electrons. The van der Waals surface area contributed by atoms with Gasteiger partial charge in [0.25, 0.3) is 6.94 Å². The molecule has 0 heterocycles. The topological polar surface area (TPSA) is 9.23 Å². The molecule has 0 N–H and O–H groups in total. The molecule has 0 aliphatic carbocycles. The van der Waals surface area contributed by atoms with Crippen molar-refractivity contribution in [2.24, 2.45) is 0 Å². The third-order valence-electron chi connectivity index (χ3n) is 2.87. The van der Waals surface area contributed by atoms with Gasteiger partial charge in [0, 0.05) is 6.61 Å². The molecule has 0 fully saturated rings. The molecule has 0 aromatic rings. The van der Waals surface area contributed by atoms with Crippen LogP contribution in [0.4, 0.5) is 0 Å². The number of hydrogen-bond donors (Lipinski definition) is 0. The lowest BCUT2D eigenvalue weighted by Crippen LogP contribution is -2.31. The van der Waals surface area contributed by atoms with Gasteiger partial charge >= 0.3 is 0 Å². The highest BCUT2D eigenvalue weighted by atomic mass is 79.9. The van der Waals surface area contributed by atoms with Crippen LogP contribution in [0, 0.1) is 0 Å². The summed E-state index contributed by atoms with van der Waals surface area (Å²) in [6.45, 7) is 6.13. The molecule has 0 aliphatic rings. The molecule has 0 rings (SSSR count). The molecule has 98 valence electrons. The molecule has 0 saturated carbocycles. The van der Waals surface area contributed by atoms with Crippen LogP contribution >= 0.6 is 15.3 Å². The lowest BCUT2D eigenvalue weighted by Gasteiger charge is -2.25. The summed E-state index contributed by atoms with van der Waals surface area (Å²) in [5, 5.41) is 0. The minimum Gasteiger partial charge on any atom is -0.406 e. The summed E-state index contributed by atoms with van der Waals surface area (Å²) in [5.41, 5.74) is 0. The fraction of sp³-hybridized carbons (Fsp3) is 1.00. The van der Waals surface area contributed by atoms with Crippen LogP contribution in [-0.4, -0.2) is 13.5 Å². The van der Waals surface area contributed by atoms with Gasteiger partial charge in [-0.05, 0) is 18.5 Å². The predicted molar refractivity (Wildman–Crippen MR) is 79.6 cm³/mol. The van der Waals surface area contributed by atoms with Gasteiger partial charge in [0.15, 0.2) is 0 Å². The van der Waals surface area contributed by atoms with E-state index in [0.717, 1.165) is 13.0 Å². The molecule has 0 saturated heterocycles. The Labute approximate surface area is 111 Å². The summed E-state index contributed by atoms with van der Waals surface area (Å²) >= 11 is 3.96. The van der Waals surface area contributed by atoms with E-state index in [4.69, 9.17) is 4.43 Å². The molecule has 0 spiro atoms. The van der Waals surface area contributed by atoms with E-state index in [1.165, 1.54) is 50.6 Å². The summed E-state index contributed by atoms with van der Waals surface area (Å²) in [6.07, 6.45) is 9.15. The van der Waals surface area contributed by atoms with E-state index >= 15 is 0 Å². The van der Waals surface area contributed by atoms with Crippen molar-refractivity contribution in [1.82, 2.24) is 0 Å². The molecule has 1 atom stereocenters. The van der Waals surface area contributed by atoms with E-state index in [1.54, 1.807) is 0 Å². The van der Waals surface area contributed by atoms with Gasteiger partial charge in [0.05, 0.1) is 0 Å².